The molecule has 0 saturated heterocycles. The Morgan fingerprint density at radius 2 is 2.46 bits per heavy atom. The van der Waals surface area contributed by atoms with Crippen LogP contribution < -0.4 is 11.1 Å². The fourth-order valence-corrected chi connectivity index (χ4v) is 1.51. The zero-order valence-electron chi connectivity index (χ0n) is 9.13. The van der Waals surface area contributed by atoms with E-state index in [0.29, 0.717) is 12.1 Å². The van der Waals surface area contributed by atoms with Gasteiger partial charge in [-0.1, -0.05) is 12.1 Å². The molecule has 0 unspecified atom stereocenters. The van der Waals surface area contributed by atoms with Gasteiger partial charge in [-0.3, -0.25) is 4.79 Å². The average molecular weight is 178 g/mol. The molecule has 0 fully saturated rings. The molecule has 1 amide bonds. The van der Waals surface area contributed by atoms with E-state index in [2.05, 4.69) is 5.32 Å². The molecule has 1 aromatic rings. The molecular weight excluding hydrogens is 164 g/mol. The molecule has 68 valence electrons. The molecular formula is C10H12N2O. The molecule has 0 aliphatic carbocycles. The zero-order valence-corrected chi connectivity index (χ0v) is 7.13. The molecule has 0 spiro atoms. The molecule has 13 heavy (non-hydrogen) atoms. The predicted molar refractivity (Wildman–Crippen MR) is 50.4 cm³/mol. The monoisotopic (exact) mass is 178 g/mol. The summed E-state index contributed by atoms with van der Waals surface area (Å²) in [6.07, 6.45) is 0.718. The quantitative estimate of drug-likeness (QED) is 0.655. The van der Waals surface area contributed by atoms with E-state index >= 15 is 0 Å². The van der Waals surface area contributed by atoms with Crippen LogP contribution in [-0.4, -0.2) is 12.5 Å². The van der Waals surface area contributed by atoms with Gasteiger partial charge in [0.25, 0.3) is 0 Å². The second kappa shape index (κ2) is 3.18. The van der Waals surface area contributed by atoms with Gasteiger partial charge in [-0.2, -0.15) is 0 Å². The SMILES string of the molecule is [2H]C1([2H])NCCc2cccc(C(N)=O)c21. The highest BCUT2D eigenvalue weighted by Gasteiger charge is 2.14. The third-order valence-electron chi connectivity index (χ3n) is 2.15. The van der Waals surface area contributed by atoms with Gasteiger partial charge in [0.1, 0.15) is 0 Å². The van der Waals surface area contributed by atoms with Crippen molar-refractivity contribution in [2.45, 2.75) is 12.9 Å². The Bertz CT molecular complexity index is 418. The highest BCUT2D eigenvalue weighted by atomic mass is 16.1. The number of carbonyl (C=O) groups is 1. The first-order chi connectivity index (χ1) is 7.02. The molecule has 0 saturated carbocycles. The normalized spacial score (nSPS) is 21.2. The fraction of sp³-hybridized carbons (Fsp3) is 0.300. The highest BCUT2D eigenvalue weighted by molar-refractivity contribution is 5.94. The maximum absolute atomic E-state index is 11.2. The molecule has 0 bridgehead atoms. The lowest BCUT2D eigenvalue weighted by Gasteiger charge is -2.18. The van der Waals surface area contributed by atoms with Crippen LogP contribution in [0.5, 0.6) is 0 Å². The summed E-state index contributed by atoms with van der Waals surface area (Å²) in [5.41, 5.74) is 6.74. The van der Waals surface area contributed by atoms with Gasteiger partial charge in [0.2, 0.25) is 5.91 Å². The number of hydrogen-bond donors (Lipinski definition) is 2. The summed E-state index contributed by atoms with van der Waals surface area (Å²) in [5, 5.41) is 2.74. The van der Waals surface area contributed by atoms with E-state index in [1.807, 2.05) is 6.07 Å². The van der Waals surface area contributed by atoms with Crippen molar-refractivity contribution in [1.29, 1.82) is 0 Å². The predicted octanol–water partition coefficient (Wildman–Crippen LogP) is 0.431. The van der Waals surface area contributed by atoms with E-state index in [1.54, 1.807) is 12.1 Å². The number of fused-ring (bicyclic) bond motifs is 1. The molecule has 0 radical (unpaired) electrons. The lowest BCUT2D eigenvalue weighted by Crippen LogP contribution is -2.27. The van der Waals surface area contributed by atoms with E-state index in [0.717, 1.165) is 12.0 Å². The van der Waals surface area contributed by atoms with Crippen LogP contribution in [0.2, 0.25) is 0 Å². The van der Waals surface area contributed by atoms with Gasteiger partial charge >= 0.3 is 0 Å². The number of nitrogens with two attached hydrogens (primary N) is 1. The summed E-state index contributed by atoms with van der Waals surface area (Å²) < 4.78 is 15.6. The van der Waals surface area contributed by atoms with Crippen molar-refractivity contribution in [2.75, 3.05) is 6.54 Å². The Balaban J connectivity index is 2.65. The zero-order chi connectivity index (χ0) is 11.1. The molecule has 3 nitrogen and oxygen atoms in total. The Morgan fingerprint density at radius 1 is 1.62 bits per heavy atom. The maximum atomic E-state index is 11.2. The van der Waals surface area contributed by atoms with Gasteiger partial charge in [-0.25, -0.2) is 0 Å². The Hall–Kier alpha value is -1.35. The van der Waals surface area contributed by atoms with E-state index in [1.165, 1.54) is 0 Å². The molecule has 3 heteroatoms. The molecule has 1 aliphatic heterocycles. The maximum Gasteiger partial charge on any atom is 0.249 e. The van der Waals surface area contributed by atoms with Crippen LogP contribution in [0.3, 0.4) is 0 Å². The minimum atomic E-state index is -1.67. The van der Waals surface area contributed by atoms with Crippen molar-refractivity contribution in [3.8, 4) is 0 Å². The number of nitrogens with one attached hydrogen (secondary N) is 1. The van der Waals surface area contributed by atoms with Gasteiger partial charge in [0, 0.05) is 14.8 Å². The summed E-state index contributed by atoms with van der Waals surface area (Å²) in [7, 11) is 0. The van der Waals surface area contributed by atoms with E-state index < -0.39 is 12.4 Å². The Morgan fingerprint density at radius 3 is 3.23 bits per heavy atom. The first-order valence-electron chi connectivity index (χ1n) is 5.19. The standard InChI is InChI=1S/C10H12N2O/c11-10(13)8-3-1-2-7-4-5-12-6-9(7)8/h1-3,12H,4-6H2,(H2,11,13)/i6D2. The van der Waals surface area contributed by atoms with Gasteiger partial charge in [0.05, 0.1) is 0 Å². The molecule has 1 heterocycles. The Labute approximate surface area is 79.7 Å². The van der Waals surface area contributed by atoms with E-state index in [4.69, 9.17) is 8.48 Å². The summed E-state index contributed by atoms with van der Waals surface area (Å²) in [5.74, 6) is -0.584. The number of benzene rings is 1. The van der Waals surface area contributed by atoms with E-state index in [9.17, 15) is 4.79 Å². The van der Waals surface area contributed by atoms with Crippen LogP contribution in [-0.2, 0) is 12.9 Å². The number of carbonyl (C=O) groups excluding carboxylic acids is 1. The summed E-state index contributed by atoms with van der Waals surface area (Å²) in [4.78, 5) is 11.2. The van der Waals surface area contributed by atoms with E-state index in [-0.39, 0.29) is 5.56 Å². The Kier molecular flexibility index (Phi) is 1.51. The summed E-state index contributed by atoms with van der Waals surface area (Å²) in [6.45, 7) is -1.10. The van der Waals surface area contributed by atoms with Crippen molar-refractivity contribution in [3.05, 3.63) is 34.9 Å². The second-order valence-corrected chi connectivity index (χ2v) is 3.01. The number of hydrogen-bond acceptors (Lipinski definition) is 2. The summed E-state index contributed by atoms with van der Waals surface area (Å²) in [6, 6.07) is 5.13. The van der Waals surface area contributed by atoms with Crippen LogP contribution in [0.15, 0.2) is 18.2 Å². The van der Waals surface area contributed by atoms with Crippen molar-refractivity contribution in [1.82, 2.24) is 5.32 Å². The van der Waals surface area contributed by atoms with Gasteiger partial charge < -0.3 is 11.1 Å². The number of rotatable bonds is 1. The van der Waals surface area contributed by atoms with Crippen molar-refractivity contribution in [3.63, 3.8) is 0 Å². The van der Waals surface area contributed by atoms with Crippen LogP contribution >= 0.6 is 0 Å². The molecule has 3 N–H and O–H groups in total. The minimum absolute atomic E-state index is 0.268. The van der Waals surface area contributed by atoms with Gasteiger partial charge in [-0.15, -0.1) is 0 Å². The first kappa shape index (κ1) is 6.16. The van der Waals surface area contributed by atoms with Crippen LogP contribution in [0, 0.1) is 0 Å². The minimum Gasteiger partial charge on any atom is -0.366 e. The first-order valence-corrected chi connectivity index (χ1v) is 4.19. The topological polar surface area (TPSA) is 55.1 Å². The lowest BCUT2D eigenvalue weighted by molar-refractivity contribution is 0.0999. The lowest BCUT2D eigenvalue weighted by atomic mass is 9.96. The fourth-order valence-electron chi connectivity index (χ4n) is 1.51. The third kappa shape index (κ3) is 1.42. The largest absolute Gasteiger partial charge is 0.366 e. The van der Waals surface area contributed by atoms with Gasteiger partial charge in [0.15, 0.2) is 0 Å². The summed E-state index contributed by atoms with van der Waals surface area (Å²) >= 11 is 0. The smallest absolute Gasteiger partial charge is 0.249 e. The molecule has 1 aromatic carbocycles. The molecule has 2 rings (SSSR count). The molecule has 0 atom stereocenters. The van der Waals surface area contributed by atoms with Crippen molar-refractivity contribution in [2.24, 2.45) is 5.73 Å². The molecule has 1 aliphatic rings. The van der Waals surface area contributed by atoms with Crippen LogP contribution in [0.25, 0.3) is 0 Å². The van der Waals surface area contributed by atoms with Gasteiger partial charge in [-0.05, 0) is 30.2 Å². The van der Waals surface area contributed by atoms with Crippen molar-refractivity contribution < 1.29 is 7.54 Å². The van der Waals surface area contributed by atoms with Crippen LogP contribution in [0.1, 0.15) is 24.2 Å². The third-order valence-corrected chi connectivity index (χ3v) is 2.15. The highest BCUT2D eigenvalue weighted by Crippen LogP contribution is 2.17. The average Bonchev–Trinajstić information content (AvgIpc) is 2.16. The number of primary amides is 1. The van der Waals surface area contributed by atoms with Crippen LogP contribution in [0.4, 0.5) is 0 Å². The number of amides is 1. The molecule has 0 aromatic heterocycles. The second-order valence-electron chi connectivity index (χ2n) is 3.01. The van der Waals surface area contributed by atoms with Crippen molar-refractivity contribution >= 4 is 5.91 Å².